The van der Waals surface area contributed by atoms with Gasteiger partial charge in [-0.15, -0.1) is 0 Å². The highest BCUT2D eigenvalue weighted by molar-refractivity contribution is 5.88. The van der Waals surface area contributed by atoms with Crippen LogP contribution in [-0.4, -0.2) is 0 Å². The molecular weight excluding hydrogens is 384 g/mol. The molecule has 0 fully saturated rings. The van der Waals surface area contributed by atoms with Gasteiger partial charge in [-0.1, -0.05) is 119 Å². The van der Waals surface area contributed by atoms with Crippen molar-refractivity contribution in [1.82, 2.24) is 0 Å². The van der Waals surface area contributed by atoms with Gasteiger partial charge in [0.2, 0.25) is 0 Å². The van der Waals surface area contributed by atoms with Crippen LogP contribution in [0.3, 0.4) is 0 Å². The van der Waals surface area contributed by atoms with E-state index in [9.17, 15) is 0 Å². The van der Waals surface area contributed by atoms with E-state index < -0.39 is 0 Å². The van der Waals surface area contributed by atoms with E-state index in [2.05, 4.69) is 139 Å². The molecule has 5 aromatic rings. The Kier molecular flexibility index (Phi) is 7.84. The van der Waals surface area contributed by atoms with Crippen molar-refractivity contribution in [3.8, 4) is 0 Å². The lowest BCUT2D eigenvalue weighted by molar-refractivity contribution is 1.40. The van der Waals surface area contributed by atoms with E-state index in [0.717, 1.165) is 0 Å². The molecule has 0 spiro atoms. The maximum Gasteiger partial charge on any atom is -0.0152 e. The van der Waals surface area contributed by atoms with Gasteiger partial charge in [0, 0.05) is 0 Å². The summed E-state index contributed by atoms with van der Waals surface area (Å²) in [6.07, 6.45) is 0. The van der Waals surface area contributed by atoms with Gasteiger partial charge in [0.15, 0.2) is 0 Å². The normalized spacial score (nSPS) is 10.2. The highest BCUT2D eigenvalue weighted by Gasteiger charge is 1.97. The van der Waals surface area contributed by atoms with Crippen LogP contribution in [0.5, 0.6) is 0 Å². The van der Waals surface area contributed by atoms with Crippen LogP contribution in [0.2, 0.25) is 0 Å². The molecule has 32 heavy (non-hydrogen) atoms. The van der Waals surface area contributed by atoms with Gasteiger partial charge in [0.1, 0.15) is 0 Å². The minimum absolute atomic E-state index is 1.33. The summed E-state index contributed by atoms with van der Waals surface area (Å²) in [5.74, 6) is 0. The molecule has 0 atom stereocenters. The predicted molar refractivity (Wildman–Crippen MR) is 143 cm³/mol. The number of hydrogen-bond acceptors (Lipinski definition) is 0. The monoisotopic (exact) mass is 418 g/mol. The molecular formula is C32H34. The minimum atomic E-state index is 1.33. The molecule has 0 unspecified atom stereocenters. The molecule has 0 bridgehead atoms. The first-order valence-corrected chi connectivity index (χ1v) is 11.3. The minimum Gasteiger partial charge on any atom is -0.0616 e. The Morgan fingerprint density at radius 3 is 1.06 bits per heavy atom. The topological polar surface area (TPSA) is 0 Å². The summed E-state index contributed by atoms with van der Waals surface area (Å²) in [5.41, 5.74) is 8.02. The Bertz CT molecular complexity index is 1200. The Hall–Kier alpha value is -3.38. The maximum atomic E-state index is 2.22. The zero-order chi connectivity index (χ0) is 23.1. The lowest BCUT2D eigenvalue weighted by Gasteiger charge is -2.03. The van der Waals surface area contributed by atoms with E-state index in [0.29, 0.717) is 0 Å². The zero-order valence-electron chi connectivity index (χ0n) is 20.2. The number of fused-ring (bicyclic) bond motifs is 2. The summed E-state index contributed by atoms with van der Waals surface area (Å²) in [6.45, 7) is 12.8. The lowest BCUT2D eigenvalue weighted by atomic mass is 10.0. The molecule has 0 N–H and O–H groups in total. The predicted octanol–water partition coefficient (Wildman–Crippen LogP) is 9.22. The Balaban J connectivity index is 0.000000139. The average molecular weight is 419 g/mol. The fraction of sp³-hybridized carbons (Fsp3) is 0.188. The van der Waals surface area contributed by atoms with Gasteiger partial charge in [-0.2, -0.15) is 0 Å². The molecule has 0 aliphatic rings. The van der Waals surface area contributed by atoms with Gasteiger partial charge >= 0.3 is 0 Å². The Morgan fingerprint density at radius 1 is 0.344 bits per heavy atom. The Morgan fingerprint density at radius 2 is 0.688 bits per heavy atom. The van der Waals surface area contributed by atoms with E-state index in [4.69, 9.17) is 0 Å². The number of hydrogen-bond donors (Lipinski definition) is 0. The number of aryl methyl sites for hydroxylation is 6. The van der Waals surface area contributed by atoms with Gasteiger partial charge in [-0.3, -0.25) is 0 Å². The van der Waals surface area contributed by atoms with Crippen LogP contribution in [0.25, 0.3) is 21.5 Å². The van der Waals surface area contributed by atoms with Gasteiger partial charge in [-0.25, -0.2) is 0 Å². The quantitative estimate of drug-likeness (QED) is 0.235. The largest absolute Gasteiger partial charge is 0.0616 e. The van der Waals surface area contributed by atoms with Gasteiger partial charge in [0.05, 0.1) is 0 Å². The van der Waals surface area contributed by atoms with Gasteiger partial charge in [0.25, 0.3) is 0 Å². The van der Waals surface area contributed by atoms with Crippen molar-refractivity contribution in [2.24, 2.45) is 0 Å². The van der Waals surface area contributed by atoms with Crippen LogP contribution in [-0.2, 0) is 0 Å². The van der Waals surface area contributed by atoms with E-state index in [1.165, 1.54) is 54.9 Å². The van der Waals surface area contributed by atoms with Crippen LogP contribution >= 0.6 is 0 Å². The van der Waals surface area contributed by atoms with Crippen LogP contribution in [0.4, 0.5) is 0 Å². The summed E-state index contributed by atoms with van der Waals surface area (Å²) in [7, 11) is 0. The van der Waals surface area contributed by atoms with Crippen molar-refractivity contribution in [2.75, 3.05) is 0 Å². The molecule has 5 aromatic carbocycles. The number of rotatable bonds is 0. The van der Waals surface area contributed by atoms with Gasteiger partial charge in [-0.05, 0) is 74.2 Å². The maximum absolute atomic E-state index is 2.22. The molecule has 0 heteroatoms. The van der Waals surface area contributed by atoms with Gasteiger partial charge < -0.3 is 0 Å². The Labute approximate surface area is 193 Å². The number of benzene rings is 5. The molecule has 0 saturated carbocycles. The second kappa shape index (κ2) is 10.8. The summed E-state index contributed by atoms with van der Waals surface area (Å²) in [4.78, 5) is 0. The summed E-state index contributed by atoms with van der Waals surface area (Å²) >= 11 is 0. The third kappa shape index (κ3) is 6.31. The molecule has 0 radical (unpaired) electrons. The zero-order valence-corrected chi connectivity index (χ0v) is 20.2. The molecule has 0 aliphatic carbocycles. The molecule has 0 aliphatic heterocycles. The molecule has 0 nitrogen and oxygen atoms in total. The third-order valence-corrected chi connectivity index (χ3v) is 5.73. The highest BCUT2D eigenvalue weighted by Crippen LogP contribution is 2.21. The fourth-order valence-electron chi connectivity index (χ4n) is 3.72. The second-order valence-electron chi connectivity index (χ2n) is 8.75. The lowest BCUT2D eigenvalue weighted by Crippen LogP contribution is -1.80. The molecule has 0 amide bonds. The molecule has 5 rings (SSSR count). The molecule has 0 aromatic heterocycles. The first-order chi connectivity index (χ1) is 15.3. The molecule has 0 heterocycles. The van der Waals surface area contributed by atoms with Crippen molar-refractivity contribution in [1.29, 1.82) is 0 Å². The van der Waals surface area contributed by atoms with Crippen molar-refractivity contribution >= 4 is 21.5 Å². The highest BCUT2D eigenvalue weighted by atomic mass is 14.0. The standard InChI is InChI=1S/2C12H12.C8H10/c1-9-3-5-12-8-10(2)4-6-11(12)7-9;1-9-7-8-10(2)12-6-4-3-5-11(9)12;1-7-3-5-8(2)6-4-7/h2*3-8H,1-2H3;3-6H,1-2H3. The van der Waals surface area contributed by atoms with Crippen LogP contribution in [0.1, 0.15) is 33.4 Å². The second-order valence-corrected chi connectivity index (χ2v) is 8.75. The van der Waals surface area contributed by atoms with E-state index in [1.807, 2.05) is 0 Å². The van der Waals surface area contributed by atoms with E-state index in [-0.39, 0.29) is 0 Å². The third-order valence-electron chi connectivity index (χ3n) is 5.73. The first-order valence-electron chi connectivity index (χ1n) is 11.3. The fourth-order valence-corrected chi connectivity index (χ4v) is 3.72. The summed E-state index contributed by atoms with van der Waals surface area (Å²) in [5, 5.41) is 5.41. The SMILES string of the molecule is Cc1ccc(C)c2ccccc12.Cc1ccc(C)cc1.Cc1ccc2cc(C)ccc2c1. The van der Waals surface area contributed by atoms with Crippen molar-refractivity contribution in [2.45, 2.75) is 41.5 Å². The van der Waals surface area contributed by atoms with Crippen LogP contribution in [0, 0.1) is 41.5 Å². The first kappa shape index (κ1) is 23.3. The van der Waals surface area contributed by atoms with Crippen molar-refractivity contribution in [3.63, 3.8) is 0 Å². The van der Waals surface area contributed by atoms with E-state index in [1.54, 1.807) is 0 Å². The van der Waals surface area contributed by atoms with E-state index >= 15 is 0 Å². The summed E-state index contributed by atoms with van der Waals surface area (Å²) < 4.78 is 0. The van der Waals surface area contributed by atoms with Crippen molar-refractivity contribution in [3.05, 3.63) is 130 Å². The van der Waals surface area contributed by atoms with Crippen LogP contribution < -0.4 is 0 Å². The smallest absolute Gasteiger partial charge is 0.0152 e. The molecule has 162 valence electrons. The average Bonchev–Trinajstić information content (AvgIpc) is 2.80. The van der Waals surface area contributed by atoms with Crippen LogP contribution in [0.15, 0.2) is 97.1 Å². The van der Waals surface area contributed by atoms with Crippen molar-refractivity contribution < 1.29 is 0 Å². The summed E-state index contributed by atoms with van der Waals surface area (Å²) in [6, 6.07) is 34.5. The molecule has 0 saturated heterocycles.